The van der Waals surface area contributed by atoms with Gasteiger partial charge in [-0.3, -0.25) is 4.79 Å². The largest absolute Gasteiger partial charge is 0.497 e. The monoisotopic (exact) mass is 342 g/mol. The highest BCUT2D eigenvalue weighted by atomic mass is 16.5. The quantitative estimate of drug-likeness (QED) is 0.649. The molecule has 0 radical (unpaired) electrons. The summed E-state index contributed by atoms with van der Waals surface area (Å²) in [6.07, 6.45) is 7.18. The summed E-state index contributed by atoms with van der Waals surface area (Å²) in [5.41, 5.74) is 1.66. The Morgan fingerprint density at radius 1 is 1.16 bits per heavy atom. The van der Waals surface area contributed by atoms with Gasteiger partial charge in [0.05, 0.1) is 12.7 Å². The maximum atomic E-state index is 12.0. The SMILES string of the molecule is CCCCCNC(=O)c1cnc(NCCc2cccc(OC)c2)nc1. The topological polar surface area (TPSA) is 76.1 Å². The standard InChI is InChI=1S/C19H26N4O2/c1-3-4-5-10-20-18(24)16-13-22-19(23-14-16)21-11-9-15-7-6-8-17(12-15)25-2/h6-8,12-14H,3-5,9-11H2,1-2H3,(H,20,24)(H,21,22,23). The molecule has 0 atom stereocenters. The van der Waals surface area contributed by atoms with Crippen LogP contribution in [0.25, 0.3) is 0 Å². The minimum atomic E-state index is -0.126. The lowest BCUT2D eigenvalue weighted by Gasteiger charge is -2.07. The molecule has 0 bridgehead atoms. The van der Waals surface area contributed by atoms with Crippen LogP contribution < -0.4 is 15.4 Å². The van der Waals surface area contributed by atoms with Crippen molar-refractivity contribution in [3.63, 3.8) is 0 Å². The van der Waals surface area contributed by atoms with E-state index in [0.717, 1.165) is 31.4 Å². The fourth-order valence-corrected chi connectivity index (χ4v) is 2.36. The van der Waals surface area contributed by atoms with Gasteiger partial charge < -0.3 is 15.4 Å². The van der Waals surface area contributed by atoms with Crippen LogP contribution in [-0.2, 0) is 6.42 Å². The highest BCUT2D eigenvalue weighted by Gasteiger charge is 2.06. The summed E-state index contributed by atoms with van der Waals surface area (Å²) < 4.78 is 5.21. The predicted octanol–water partition coefficient (Wildman–Crippen LogP) is 3.06. The van der Waals surface area contributed by atoms with Crippen molar-refractivity contribution in [3.8, 4) is 5.75 Å². The van der Waals surface area contributed by atoms with E-state index in [4.69, 9.17) is 4.74 Å². The zero-order valence-electron chi connectivity index (χ0n) is 14.9. The number of unbranched alkanes of at least 4 members (excludes halogenated alkanes) is 2. The summed E-state index contributed by atoms with van der Waals surface area (Å²) in [6.45, 7) is 3.53. The molecular weight excluding hydrogens is 316 g/mol. The van der Waals surface area contributed by atoms with Crippen molar-refractivity contribution in [3.05, 3.63) is 47.8 Å². The van der Waals surface area contributed by atoms with Crippen molar-refractivity contribution in [1.29, 1.82) is 0 Å². The highest BCUT2D eigenvalue weighted by Crippen LogP contribution is 2.13. The first-order chi connectivity index (χ1) is 12.2. The Morgan fingerprint density at radius 3 is 2.68 bits per heavy atom. The number of rotatable bonds is 10. The van der Waals surface area contributed by atoms with Crippen LogP contribution in [0.15, 0.2) is 36.7 Å². The average Bonchev–Trinajstić information content (AvgIpc) is 2.66. The van der Waals surface area contributed by atoms with Gasteiger partial charge in [-0.25, -0.2) is 9.97 Å². The Morgan fingerprint density at radius 2 is 1.96 bits per heavy atom. The molecule has 0 aliphatic carbocycles. The second kappa shape index (κ2) is 10.3. The number of anilines is 1. The summed E-state index contributed by atoms with van der Waals surface area (Å²) in [6, 6.07) is 7.95. The van der Waals surface area contributed by atoms with E-state index in [1.165, 1.54) is 5.56 Å². The van der Waals surface area contributed by atoms with Crippen molar-refractivity contribution in [2.75, 3.05) is 25.5 Å². The van der Waals surface area contributed by atoms with Gasteiger partial charge in [0.15, 0.2) is 0 Å². The maximum Gasteiger partial charge on any atom is 0.254 e. The first-order valence-electron chi connectivity index (χ1n) is 8.70. The van der Waals surface area contributed by atoms with E-state index in [-0.39, 0.29) is 5.91 Å². The lowest BCUT2D eigenvalue weighted by Crippen LogP contribution is -2.24. The van der Waals surface area contributed by atoms with E-state index in [1.54, 1.807) is 19.5 Å². The molecule has 2 rings (SSSR count). The third-order valence-electron chi connectivity index (χ3n) is 3.81. The summed E-state index contributed by atoms with van der Waals surface area (Å²) in [5.74, 6) is 1.24. The van der Waals surface area contributed by atoms with Crippen LogP contribution in [0.2, 0.25) is 0 Å². The number of hydrogen-bond acceptors (Lipinski definition) is 5. The number of benzene rings is 1. The van der Waals surface area contributed by atoms with Gasteiger partial charge in [0.25, 0.3) is 5.91 Å². The van der Waals surface area contributed by atoms with E-state index in [1.807, 2.05) is 18.2 Å². The van der Waals surface area contributed by atoms with E-state index in [0.29, 0.717) is 24.6 Å². The van der Waals surface area contributed by atoms with Crippen LogP contribution in [0.5, 0.6) is 5.75 Å². The summed E-state index contributed by atoms with van der Waals surface area (Å²) in [4.78, 5) is 20.4. The van der Waals surface area contributed by atoms with Gasteiger partial charge >= 0.3 is 0 Å². The smallest absolute Gasteiger partial charge is 0.254 e. The molecule has 2 N–H and O–H groups in total. The van der Waals surface area contributed by atoms with Crippen LogP contribution in [0.4, 0.5) is 5.95 Å². The molecule has 0 unspecified atom stereocenters. The van der Waals surface area contributed by atoms with Crippen LogP contribution in [-0.4, -0.2) is 36.1 Å². The second-order valence-electron chi connectivity index (χ2n) is 5.79. The van der Waals surface area contributed by atoms with E-state index >= 15 is 0 Å². The molecule has 6 nitrogen and oxygen atoms in total. The molecule has 0 saturated heterocycles. The van der Waals surface area contributed by atoms with Gasteiger partial charge in [-0.15, -0.1) is 0 Å². The lowest BCUT2D eigenvalue weighted by atomic mass is 10.1. The van der Waals surface area contributed by atoms with Crippen LogP contribution in [0, 0.1) is 0 Å². The molecule has 0 spiro atoms. The minimum absolute atomic E-state index is 0.126. The third-order valence-corrected chi connectivity index (χ3v) is 3.81. The number of ether oxygens (including phenoxy) is 1. The first-order valence-corrected chi connectivity index (χ1v) is 8.70. The van der Waals surface area contributed by atoms with Crippen molar-refractivity contribution < 1.29 is 9.53 Å². The average molecular weight is 342 g/mol. The molecule has 1 aromatic carbocycles. The molecule has 0 aliphatic rings. The molecular formula is C19H26N4O2. The van der Waals surface area contributed by atoms with Crippen molar-refractivity contribution >= 4 is 11.9 Å². The van der Waals surface area contributed by atoms with E-state index < -0.39 is 0 Å². The van der Waals surface area contributed by atoms with Crippen LogP contribution >= 0.6 is 0 Å². The second-order valence-corrected chi connectivity index (χ2v) is 5.79. The molecule has 6 heteroatoms. The number of amides is 1. The van der Waals surface area contributed by atoms with Gasteiger partial charge in [-0.2, -0.15) is 0 Å². The summed E-state index contributed by atoms with van der Waals surface area (Å²) in [7, 11) is 1.66. The van der Waals surface area contributed by atoms with Crippen LogP contribution in [0.1, 0.15) is 42.1 Å². The number of nitrogens with zero attached hydrogens (tertiary/aromatic N) is 2. The highest BCUT2D eigenvalue weighted by molar-refractivity contribution is 5.93. The van der Waals surface area contributed by atoms with Gasteiger partial charge in [0.1, 0.15) is 5.75 Å². The molecule has 1 amide bonds. The Bertz CT molecular complexity index is 659. The third kappa shape index (κ3) is 6.41. The maximum absolute atomic E-state index is 12.0. The summed E-state index contributed by atoms with van der Waals surface area (Å²) in [5, 5.41) is 6.04. The molecule has 0 aliphatic heterocycles. The first kappa shape index (κ1) is 18.7. The normalized spacial score (nSPS) is 10.3. The molecule has 134 valence electrons. The Hall–Kier alpha value is -2.63. The molecule has 1 heterocycles. The Labute approximate surface area is 149 Å². The minimum Gasteiger partial charge on any atom is -0.497 e. The van der Waals surface area contributed by atoms with E-state index in [2.05, 4.69) is 33.6 Å². The Balaban J connectivity index is 1.76. The molecule has 0 fully saturated rings. The molecule has 2 aromatic rings. The predicted molar refractivity (Wildman–Crippen MR) is 99.1 cm³/mol. The number of nitrogens with one attached hydrogen (secondary N) is 2. The van der Waals surface area contributed by atoms with Gasteiger partial charge in [-0.1, -0.05) is 31.9 Å². The molecule has 1 aromatic heterocycles. The fraction of sp³-hybridized carbons (Fsp3) is 0.421. The number of methoxy groups -OCH3 is 1. The van der Waals surface area contributed by atoms with Crippen LogP contribution in [0.3, 0.4) is 0 Å². The van der Waals surface area contributed by atoms with Gasteiger partial charge in [0, 0.05) is 25.5 Å². The van der Waals surface area contributed by atoms with Crippen molar-refractivity contribution in [2.24, 2.45) is 0 Å². The number of carbonyl (C=O) groups excluding carboxylic acids is 1. The number of aromatic nitrogens is 2. The van der Waals surface area contributed by atoms with Crippen molar-refractivity contribution in [2.45, 2.75) is 32.6 Å². The number of carbonyl (C=O) groups is 1. The van der Waals surface area contributed by atoms with E-state index in [9.17, 15) is 4.79 Å². The zero-order chi connectivity index (χ0) is 17.9. The zero-order valence-corrected chi connectivity index (χ0v) is 14.9. The lowest BCUT2D eigenvalue weighted by molar-refractivity contribution is 0.0952. The van der Waals surface area contributed by atoms with Gasteiger partial charge in [-0.05, 0) is 30.5 Å². The molecule has 25 heavy (non-hydrogen) atoms. The fourth-order valence-electron chi connectivity index (χ4n) is 2.36. The Kier molecular flexibility index (Phi) is 7.69. The number of hydrogen-bond donors (Lipinski definition) is 2. The van der Waals surface area contributed by atoms with Gasteiger partial charge in [0.2, 0.25) is 5.95 Å². The van der Waals surface area contributed by atoms with Crippen molar-refractivity contribution in [1.82, 2.24) is 15.3 Å². The molecule has 0 saturated carbocycles. The summed E-state index contributed by atoms with van der Waals surface area (Å²) >= 11 is 0.